The summed E-state index contributed by atoms with van der Waals surface area (Å²) in [4.78, 5) is 31.4. The molecule has 2 aromatic carbocycles. The van der Waals surface area contributed by atoms with Crippen LogP contribution in [-0.2, 0) is 16.0 Å². The summed E-state index contributed by atoms with van der Waals surface area (Å²) in [6, 6.07) is 18.3. The van der Waals surface area contributed by atoms with Gasteiger partial charge in [-0.3, -0.25) is 14.2 Å². The molecule has 5 aromatic rings. The molecule has 0 atom stereocenters. The van der Waals surface area contributed by atoms with Crippen molar-refractivity contribution in [2.24, 2.45) is 5.41 Å². The van der Waals surface area contributed by atoms with Crippen molar-refractivity contribution in [1.82, 2.24) is 29.7 Å². The average Bonchev–Trinajstić information content (AvgIpc) is 3.71. The van der Waals surface area contributed by atoms with Crippen LogP contribution >= 0.6 is 22.9 Å². The highest BCUT2D eigenvalue weighted by Crippen LogP contribution is 2.56. The van der Waals surface area contributed by atoms with E-state index >= 15 is 0 Å². The number of nitrogens with one attached hydrogen (secondary N) is 3. The lowest BCUT2D eigenvalue weighted by atomic mass is 9.52. The number of hydrogen-bond donors (Lipinski definition) is 3. The van der Waals surface area contributed by atoms with Crippen molar-refractivity contribution in [1.29, 1.82) is 0 Å². The van der Waals surface area contributed by atoms with E-state index in [1.807, 2.05) is 60.2 Å². The van der Waals surface area contributed by atoms with Gasteiger partial charge in [0.25, 0.3) is 0 Å². The molecule has 10 nitrogen and oxygen atoms in total. The second kappa shape index (κ2) is 12.0. The van der Waals surface area contributed by atoms with Gasteiger partial charge in [0.2, 0.25) is 17.6 Å². The summed E-state index contributed by atoms with van der Waals surface area (Å²) in [6.07, 6.45) is 6.30. The van der Waals surface area contributed by atoms with E-state index in [1.54, 1.807) is 11.3 Å². The highest BCUT2D eigenvalue weighted by atomic mass is 35.5. The molecule has 3 aromatic heterocycles. The fourth-order valence-electron chi connectivity index (χ4n) is 8.30. The van der Waals surface area contributed by atoms with Crippen molar-refractivity contribution >= 4 is 57.7 Å². The van der Waals surface area contributed by atoms with Crippen LogP contribution in [0.2, 0.25) is 5.02 Å². The van der Waals surface area contributed by atoms with E-state index in [0.29, 0.717) is 29.0 Å². The van der Waals surface area contributed by atoms with Crippen LogP contribution in [0.4, 0.5) is 11.5 Å². The molecule has 2 saturated carbocycles. The number of aryl methyl sites for hydroxylation is 2. The normalized spacial score (nSPS) is 21.3. The third kappa shape index (κ3) is 5.56. The zero-order valence-corrected chi connectivity index (χ0v) is 30.1. The minimum absolute atomic E-state index is 0.0308. The summed E-state index contributed by atoms with van der Waals surface area (Å²) in [6.45, 7) is 6.17. The third-order valence-corrected chi connectivity index (χ3v) is 12.3. The number of carbonyl (C=O) groups is 2. The molecule has 9 rings (SSSR count). The van der Waals surface area contributed by atoms with Crippen LogP contribution < -0.4 is 20.6 Å². The van der Waals surface area contributed by atoms with E-state index in [2.05, 4.69) is 57.1 Å². The number of benzene rings is 2. The van der Waals surface area contributed by atoms with Crippen molar-refractivity contribution in [3.8, 4) is 16.1 Å². The van der Waals surface area contributed by atoms with E-state index in [4.69, 9.17) is 16.3 Å². The lowest BCUT2D eigenvalue weighted by molar-refractivity contribution is -0.123. The Kier molecular flexibility index (Phi) is 7.50. The van der Waals surface area contributed by atoms with E-state index in [0.717, 1.165) is 87.1 Å². The van der Waals surface area contributed by atoms with Gasteiger partial charge >= 0.3 is 11.4 Å². The molecule has 0 saturated heterocycles. The Labute approximate surface area is 304 Å². The van der Waals surface area contributed by atoms with Gasteiger partial charge in [0.15, 0.2) is 0 Å². The first-order chi connectivity index (χ1) is 24.6. The summed E-state index contributed by atoms with van der Waals surface area (Å²) >= 11 is 7.94. The Morgan fingerprint density at radius 2 is 1.80 bits per heavy atom. The van der Waals surface area contributed by atoms with Crippen molar-refractivity contribution < 1.29 is 9.59 Å². The largest absolute Gasteiger partial charge is 0.367 e. The summed E-state index contributed by atoms with van der Waals surface area (Å²) in [5.74, 6) is 2.19. The van der Waals surface area contributed by atoms with Gasteiger partial charge in [0, 0.05) is 39.4 Å². The summed E-state index contributed by atoms with van der Waals surface area (Å²) in [5, 5.41) is 20.5. The summed E-state index contributed by atoms with van der Waals surface area (Å²) in [7, 11) is 0. The monoisotopic (exact) mass is 715 g/mol. The Hall–Kier alpha value is -5.09. The van der Waals surface area contributed by atoms with Crippen LogP contribution in [0, 0.1) is 26.2 Å². The molecule has 0 unspecified atom stereocenters. The first-order valence-corrected chi connectivity index (χ1v) is 18.5. The maximum atomic E-state index is 13.6. The molecule has 2 fully saturated rings. The predicted octanol–water partition coefficient (Wildman–Crippen LogP) is 6.10. The quantitative estimate of drug-likeness (QED) is 0.175. The second-order valence-corrected chi connectivity index (χ2v) is 16.0. The number of fused-ring (bicyclic) bond motifs is 4. The van der Waals surface area contributed by atoms with Gasteiger partial charge in [-0.1, -0.05) is 22.3 Å². The number of aromatic nitrogens is 4. The Morgan fingerprint density at radius 3 is 2.61 bits per heavy atom. The lowest BCUT2D eigenvalue weighted by Crippen LogP contribution is -2.59. The van der Waals surface area contributed by atoms with Gasteiger partial charge in [-0.25, -0.2) is 4.98 Å². The van der Waals surface area contributed by atoms with Gasteiger partial charge in [0.05, 0.1) is 12.0 Å². The summed E-state index contributed by atoms with van der Waals surface area (Å²) < 4.78 is 7.22. The van der Waals surface area contributed by atoms with Gasteiger partial charge in [0.1, 0.15) is 28.6 Å². The van der Waals surface area contributed by atoms with Gasteiger partial charge < -0.3 is 16.0 Å². The number of hydrogen-bond acceptors (Lipinski definition) is 7. The number of pyridine rings is 1. The fourth-order valence-corrected chi connectivity index (χ4v) is 9.63. The van der Waals surface area contributed by atoms with Crippen LogP contribution in [0.25, 0.3) is 16.1 Å². The number of carbonyl (C=O) groups excluding carboxylic acids is 2. The van der Waals surface area contributed by atoms with Crippen LogP contribution in [-0.4, -0.2) is 55.1 Å². The first kappa shape index (κ1) is 31.9. The molecule has 0 radical (unpaired) electrons. The molecule has 3 N–H and O–H groups in total. The van der Waals surface area contributed by atoms with E-state index in [1.165, 1.54) is 4.88 Å². The zero-order valence-electron chi connectivity index (χ0n) is 28.5. The standard InChI is InChI=1S/C39H35ClN8O2S/c1-20-21(2)51-38-34(20)35(23-6-9-26(40)10-7-23)45-31(37-47-46-22(3)48(37)38)15-33(50)42-27-16-39(17-27)18-28(19-39)43-36-29(5-4-12-41-36)24-8-11-30-25(13-24)14-32(49)44-30/h4-13,27-28,47H,14-19H2,1-3H3,(H,42,50)/p+1. The van der Waals surface area contributed by atoms with E-state index in [9.17, 15) is 9.59 Å². The Morgan fingerprint density at radius 1 is 1.04 bits per heavy atom. The minimum Gasteiger partial charge on any atom is -0.367 e. The number of amides is 2. The van der Waals surface area contributed by atoms with Gasteiger partial charge in [-0.05, 0) is 117 Å². The van der Waals surface area contributed by atoms with Gasteiger partial charge in [-0.15, -0.1) is 21.5 Å². The van der Waals surface area contributed by atoms with Gasteiger partial charge in [-0.2, -0.15) is 0 Å². The second-order valence-electron chi connectivity index (χ2n) is 14.4. The molecular formula is C39H36ClN8O2S+. The maximum absolute atomic E-state index is 13.6. The molecule has 256 valence electrons. The minimum atomic E-state index is -0.0622. The number of nitrogens with zero attached hydrogens (tertiary/aromatic N) is 5. The van der Waals surface area contributed by atoms with Crippen LogP contribution in [0.5, 0.6) is 0 Å². The molecule has 12 heteroatoms. The van der Waals surface area contributed by atoms with E-state index in [-0.39, 0.29) is 29.7 Å². The third-order valence-electron chi connectivity index (χ3n) is 10.9. The number of halogens is 1. The maximum Gasteiger partial charge on any atom is 0.358 e. The van der Waals surface area contributed by atoms with Crippen LogP contribution in [0.1, 0.15) is 70.9 Å². The molecule has 1 spiro atoms. The lowest BCUT2D eigenvalue weighted by Gasteiger charge is -2.58. The smallest absolute Gasteiger partial charge is 0.358 e. The predicted molar refractivity (Wildman–Crippen MR) is 201 cm³/mol. The summed E-state index contributed by atoms with van der Waals surface area (Å²) in [5.41, 5.74) is 8.75. The average molecular weight is 716 g/mol. The number of anilines is 2. The van der Waals surface area contributed by atoms with Crippen molar-refractivity contribution in [3.63, 3.8) is 0 Å². The fraction of sp³-hybridized carbons (Fsp3) is 0.308. The first-order valence-electron chi connectivity index (χ1n) is 17.3. The molecule has 2 aliphatic heterocycles. The molecule has 2 aliphatic carbocycles. The number of rotatable bonds is 7. The number of thiophene rings is 1. The topological polar surface area (TPSA) is 128 Å². The van der Waals surface area contributed by atoms with Crippen molar-refractivity contribution in [3.05, 3.63) is 105 Å². The SMILES string of the molecule is Cc1sc2c(c1C)C(c1ccc(Cl)cc1)=[N+]=C(CC(=O)NC1CC3(C1)CC(Nc1ncccc1-c1ccc4c(c1)CC(=O)N4)C3)c1nnc(C)n1-2. The van der Waals surface area contributed by atoms with Crippen molar-refractivity contribution in [2.75, 3.05) is 10.6 Å². The Balaban J connectivity index is 0.884. The van der Waals surface area contributed by atoms with Crippen LogP contribution in [0.15, 0.2) is 60.8 Å². The molecule has 0 bridgehead atoms. The zero-order chi connectivity index (χ0) is 35.0. The van der Waals surface area contributed by atoms with E-state index < -0.39 is 0 Å². The molecule has 51 heavy (non-hydrogen) atoms. The highest BCUT2D eigenvalue weighted by molar-refractivity contribution is 7.15. The molecule has 4 aliphatic rings. The highest BCUT2D eigenvalue weighted by Gasteiger charge is 2.53. The van der Waals surface area contributed by atoms with Crippen molar-refractivity contribution in [2.45, 2.75) is 71.4 Å². The molecule has 5 heterocycles. The molecule has 2 amide bonds. The van der Waals surface area contributed by atoms with Crippen LogP contribution in [0.3, 0.4) is 0 Å². The Bertz CT molecular complexity index is 2340. The molecular weight excluding hydrogens is 680 g/mol.